The van der Waals surface area contributed by atoms with Crippen LogP contribution in [0.5, 0.6) is 5.75 Å². The normalized spacial score (nSPS) is 10.6. The molecule has 5 nitrogen and oxygen atoms in total. The van der Waals surface area contributed by atoms with Crippen molar-refractivity contribution in [2.75, 3.05) is 0 Å². The van der Waals surface area contributed by atoms with Crippen molar-refractivity contribution in [3.63, 3.8) is 0 Å². The predicted octanol–water partition coefficient (Wildman–Crippen LogP) is 4.99. The Labute approximate surface area is 181 Å². The number of thiazole rings is 1. The summed E-state index contributed by atoms with van der Waals surface area (Å²) < 4.78 is 32.7. The molecule has 0 saturated heterocycles. The molecule has 0 aliphatic rings. The van der Waals surface area contributed by atoms with Gasteiger partial charge < -0.3 is 10.1 Å². The second kappa shape index (κ2) is 9.44. The molecule has 0 unspecified atom stereocenters. The number of para-hydroxylation sites is 1. The van der Waals surface area contributed by atoms with E-state index in [1.54, 1.807) is 36.0 Å². The molecule has 4 rings (SSSR count). The quantitative estimate of drug-likeness (QED) is 0.442. The van der Waals surface area contributed by atoms with Crippen molar-refractivity contribution in [3.05, 3.63) is 101 Å². The average molecular weight is 437 g/mol. The molecule has 0 fully saturated rings. The third-order valence-electron chi connectivity index (χ3n) is 4.43. The molecule has 0 bridgehead atoms. The summed E-state index contributed by atoms with van der Waals surface area (Å²) in [5, 5.41) is 5.08. The van der Waals surface area contributed by atoms with E-state index in [1.165, 1.54) is 23.5 Å². The van der Waals surface area contributed by atoms with Gasteiger partial charge in [-0.1, -0.05) is 18.2 Å². The first-order valence-corrected chi connectivity index (χ1v) is 10.3. The minimum absolute atomic E-state index is 0.0625. The van der Waals surface area contributed by atoms with Crippen LogP contribution in [0.15, 0.2) is 72.4 Å². The fourth-order valence-corrected chi connectivity index (χ4v) is 3.67. The number of nitrogens with one attached hydrogen (secondary N) is 1. The van der Waals surface area contributed by atoms with Gasteiger partial charge in [-0.2, -0.15) is 0 Å². The Morgan fingerprint density at radius 3 is 2.77 bits per heavy atom. The van der Waals surface area contributed by atoms with Crippen molar-refractivity contribution < 1.29 is 18.3 Å². The molecule has 0 aliphatic heterocycles. The minimum Gasteiger partial charge on any atom is -0.488 e. The summed E-state index contributed by atoms with van der Waals surface area (Å²) in [4.78, 5) is 20.9. The van der Waals surface area contributed by atoms with E-state index in [1.807, 2.05) is 18.2 Å². The Balaban J connectivity index is 1.46. The number of hydrogen-bond donors (Lipinski definition) is 1. The highest BCUT2D eigenvalue weighted by Crippen LogP contribution is 2.32. The summed E-state index contributed by atoms with van der Waals surface area (Å²) in [6.07, 6.45) is 3.35. The van der Waals surface area contributed by atoms with Crippen LogP contribution < -0.4 is 10.1 Å². The SMILES string of the molecule is O=C(NCc1cccnc1)c1csc(-c2ccccc2OCc2ccc(F)cc2F)n1. The number of rotatable bonds is 7. The van der Waals surface area contributed by atoms with E-state index in [-0.39, 0.29) is 18.1 Å². The van der Waals surface area contributed by atoms with Crippen LogP contribution in [0.1, 0.15) is 21.6 Å². The minimum atomic E-state index is -0.667. The molecule has 0 aliphatic carbocycles. The highest BCUT2D eigenvalue weighted by atomic mass is 32.1. The molecule has 2 aromatic carbocycles. The van der Waals surface area contributed by atoms with Gasteiger partial charge in [-0.3, -0.25) is 9.78 Å². The Bertz CT molecular complexity index is 1200. The second-order valence-corrected chi connectivity index (χ2v) is 7.46. The summed E-state index contributed by atoms with van der Waals surface area (Å²) in [6, 6.07) is 14.2. The molecule has 0 spiro atoms. The molecule has 0 atom stereocenters. The Morgan fingerprint density at radius 2 is 1.97 bits per heavy atom. The summed E-state index contributed by atoms with van der Waals surface area (Å²) in [7, 11) is 0. The number of benzene rings is 2. The van der Waals surface area contributed by atoms with Gasteiger partial charge in [0.1, 0.15) is 34.7 Å². The molecule has 4 aromatic rings. The number of carbonyl (C=O) groups is 1. The Morgan fingerprint density at radius 1 is 1.10 bits per heavy atom. The standard InChI is InChI=1S/C23H17F2N3O2S/c24-17-8-7-16(19(25)10-17)13-30-21-6-2-1-5-18(21)23-28-20(14-31-23)22(29)27-12-15-4-3-9-26-11-15/h1-11,14H,12-13H2,(H,27,29). The molecule has 1 N–H and O–H groups in total. The van der Waals surface area contributed by atoms with Crippen LogP contribution >= 0.6 is 11.3 Å². The number of amides is 1. The van der Waals surface area contributed by atoms with Gasteiger partial charge in [-0.15, -0.1) is 11.3 Å². The molecular weight excluding hydrogens is 420 g/mol. The van der Waals surface area contributed by atoms with Crippen LogP contribution in [0.3, 0.4) is 0 Å². The van der Waals surface area contributed by atoms with E-state index < -0.39 is 11.6 Å². The zero-order chi connectivity index (χ0) is 21.6. The molecule has 0 radical (unpaired) electrons. The number of hydrogen-bond acceptors (Lipinski definition) is 5. The number of aromatic nitrogens is 2. The number of ether oxygens (including phenoxy) is 1. The fraction of sp³-hybridized carbons (Fsp3) is 0.0870. The zero-order valence-electron chi connectivity index (χ0n) is 16.2. The number of nitrogens with zero attached hydrogens (tertiary/aromatic N) is 2. The summed E-state index contributed by atoms with van der Waals surface area (Å²) in [6.45, 7) is 0.287. The molecular formula is C23H17F2N3O2S. The number of carbonyl (C=O) groups excluding carboxylic acids is 1. The lowest BCUT2D eigenvalue weighted by Gasteiger charge is -2.10. The zero-order valence-corrected chi connectivity index (χ0v) is 17.0. The Hall–Kier alpha value is -3.65. The van der Waals surface area contributed by atoms with Crippen molar-refractivity contribution >= 4 is 17.2 Å². The van der Waals surface area contributed by atoms with Crippen molar-refractivity contribution in [3.8, 4) is 16.3 Å². The van der Waals surface area contributed by atoms with Gasteiger partial charge in [0.05, 0.1) is 5.56 Å². The molecule has 2 aromatic heterocycles. The van der Waals surface area contributed by atoms with Gasteiger partial charge in [0.25, 0.3) is 5.91 Å². The van der Waals surface area contributed by atoms with E-state index in [9.17, 15) is 13.6 Å². The molecule has 156 valence electrons. The van der Waals surface area contributed by atoms with Crippen molar-refractivity contribution in [2.24, 2.45) is 0 Å². The van der Waals surface area contributed by atoms with Crippen LogP contribution in [-0.4, -0.2) is 15.9 Å². The van der Waals surface area contributed by atoms with E-state index in [2.05, 4.69) is 15.3 Å². The third-order valence-corrected chi connectivity index (χ3v) is 5.30. The van der Waals surface area contributed by atoms with Gasteiger partial charge in [-0.05, 0) is 35.9 Å². The highest BCUT2D eigenvalue weighted by molar-refractivity contribution is 7.13. The maximum absolute atomic E-state index is 13.9. The van der Waals surface area contributed by atoms with Crippen molar-refractivity contribution in [1.29, 1.82) is 0 Å². The molecule has 0 saturated carbocycles. The van der Waals surface area contributed by atoms with Gasteiger partial charge in [0, 0.05) is 35.9 Å². The first-order chi connectivity index (χ1) is 15.1. The lowest BCUT2D eigenvalue weighted by Crippen LogP contribution is -2.23. The fourth-order valence-electron chi connectivity index (χ4n) is 2.84. The average Bonchev–Trinajstić information content (AvgIpc) is 3.28. The van der Waals surface area contributed by atoms with Crippen LogP contribution in [0.2, 0.25) is 0 Å². The third kappa shape index (κ3) is 5.10. The molecule has 31 heavy (non-hydrogen) atoms. The van der Waals surface area contributed by atoms with E-state index in [4.69, 9.17) is 4.74 Å². The Kier molecular flexibility index (Phi) is 6.28. The lowest BCUT2D eigenvalue weighted by molar-refractivity contribution is 0.0946. The molecule has 2 heterocycles. The van der Waals surface area contributed by atoms with Crippen LogP contribution in [0.25, 0.3) is 10.6 Å². The van der Waals surface area contributed by atoms with Crippen LogP contribution in [-0.2, 0) is 13.2 Å². The van der Waals surface area contributed by atoms with Gasteiger partial charge in [-0.25, -0.2) is 13.8 Å². The molecule has 1 amide bonds. The van der Waals surface area contributed by atoms with Crippen molar-refractivity contribution in [1.82, 2.24) is 15.3 Å². The van der Waals surface area contributed by atoms with E-state index in [0.717, 1.165) is 11.6 Å². The highest BCUT2D eigenvalue weighted by Gasteiger charge is 2.15. The van der Waals surface area contributed by atoms with Crippen LogP contribution in [0.4, 0.5) is 8.78 Å². The maximum atomic E-state index is 13.9. The molecule has 8 heteroatoms. The predicted molar refractivity (Wildman–Crippen MR) is 114 cm³/mol. The largest absolute Gasteiger partial charge is 0.488 e. The second-order valence-electron chi connectivity index (χ2n) is 6.60. The van der Waals surface area contributed by atoms with E-state index >= 15 is 0 Å². The van der Waals surface area contributed by atoms with E-state index in [0.29, 0.717) is 28.6 Å². The monoisotopic (exact) mass is 437 g/mol. The summed E-state index contributed by atoms with van der Waals surface area (Å²) in [5.41, 5.74) is 2.11. The topological polar surface area (TPSA) is 64.1 Å². The first kappa shape index (κ1) is 20.6. The van der Waals surface area contributed by atoms with Crippen molar-refractivity contribution in [2.45, 2.75) is 13.2 Å². The van der Waals surface area contributed by atoms with Gasteiger partial charge in [0.2, 0.25) is 0 Å². The van der Waals surface area contributed by atoms with Crippen LogP contribution in [0, 0.1) is 11.6 Å². The first-order valence-electron chi connectivity index (χ1n) is 9.39. The maximum Gasteiger partial charge on any atom is 0.271 e. The summed E-state index contributed by atoms with van der Waals surface area (Å²) >= 11 is 1.31. The van der Waals surface area contributed by atoms with Gasteiger partial charge in [0.15, 0.2) is 0 Å². The summed E-state index contributed by atoms with van der Waals surface area (Å²) in [5.74, 6) is -1.11. The van der Waals surface area contributed by atoms with Gasteiger partial charge >= 0.3 is 0 Å². The number of halogens is 2. The number of pyridine rings is 1. The lowest BCUT2D eigenvalue weighted by atomic mass is 10.2. The smallest absolute Gasteiger partial charge is 0.271 e.